The zero-order chi connectivity index (χ0) is 15.7. The van der Waals surface area contributed by atoms with E-state index in [0.29, 0.717) is 23.4 Å². The molecule has 0 radical (unpaired) electrons. The summed E-state index contributed by atoms with van der Waals surface area (Å²) in [5.41, 5.74) is 3.10. The van der Waals surface area contributed by atoms with E-state index in [1.165, 1.54) is 0 Å². The number of rotatable bonds is 4. The molecule has 1 unspecified atom stereocenters. The highest BCUT2D eigenvalue weighted by Gasteiger charge is 2.25. The van der Waals surface area contributed by atoms with Crippen molar-refractivity contribution in [3.05, 3.63) is 42.4 Å². The Hall–Kier alpha value is -2.76. The second-order valence-electron chi connectivity index (χ2n) is 5.16. The summed E-state index contributed by atoms with van der Waals surface area (Å²) in [6.45, 7) is 3.78. The first-order valence-corrected chi connectivity index (χ1v) is 7.09. The summed E-state index contributed by atoms with van der Waals surface area (Å²) < 4.78 is 1.70. The molecule has 6 heteroatoms. The topological polar surface area (TPSA) is 80.9 Å². The fourth-order valence-electron chi connectivity index (χ4n) is 2.55. The molecule has 1 N–H and O–H groups in total. The molecular weight excluding hydrogens is 280 g/mol. The minimum absolute atomic E-state index is 0.453. The summed E-state index contributed by atoms with van der Waals surface area (Å²) in [6, 6.07) is 4.85. The van der Waals surface area contributed by atoms with Crippen LogP contribution in [0.5, 0.6) is 0 Å². The maximum absolute atomic E-state index is 11.6. The van der Waals surface area contributed by atoms with Crippen molar-refractivity contribution in [1.82, 2.24) is 19.5 Å². The van der Waals surface area contributed by atoms with Crippen molar-refractivity contribution in [2.24, 2.45) is 0 Å². The number of carboxylic acid groups (broad SMARTS) is 1. The molecule has 0 aliphatic rings. The maximum Gasteiger partial charge on any atom is 0.326 e. The van der Waals surface area contributed by atoms with E-state index < -0.39 is 12.0 Å². The van der Waals surface area contributed by atoms with Gasteiger partial charge in [-0.1, -0.05) is 6.92 Å². The van der Waals surface area contributed by atoms with Gasteiger partial charge in [-0.15, -0.1) is 0 Å². The Morgan fingerprint density at radius 2 is 2.09 bits per heavy atom. The van der Waals surface area contributed by atoms with E-state index in [4.69, 9.17) is 0 Å². The highest BCUT2D eigenvalue weighted by molar-refractivity contribution is 5.82. The van der Waals surface area contributed by atoms with Crippen LogP contribution >= 0.6 is 0 Å². The fourth-order valence-corrected chi connectivity index (χ4v) is 2.55. The molecule has 6 nitrogen and oxygen atoms in total. The van der Waals surface area contributed by atoms with Crippen molar-refractivity contribution in [2.45, 2.75) is 26.3 Å². The Bertz CT molecular complexity index is 827. The number of pyridine rings is 2. The van der Waals surface area contributed by atoms with E-state index >= 15 is 0 Å². The number of fused-ring (bicyclic) bond motifs is 1. The zero-order valence-electron chi connectivity index (χ0n) is 12.4. The Kier molecular flexibility index (Phi) is 3.58. The van der Waals surface area contributed by atoms with Gasteiger partial charge in [0.2, 0.25) is 0 Å². The third-order valence-corrected chi connectivity index (χ3v) is 3.59. The predicted octanol–water partition coefficient (Wildman–Crippen LogP) is 2.84. The SMILES string of the molecule is CCC(C(=O)O)n1c(-c2ccncc2)nc2cc(C)cnc21. The smallest absolute Gasteiger partial charge is 0.326 e. The molecule has 0 saturated heterocycles. The molecule has 0 aliphatic carbocycles. The molecule has 0 fully saturated rings. The van der Waals surface area contributed by atoms with Gasteiger partial charge in [0.25, 0.3) is 0 Å². The second kappa shape index (κ2) is 5.55. The molecule has 0 aliphatic heterocycles. The highest BCUT2D eigenvalue weighted by Crippen LogP contribution is 2.29. The standard InChI is InChI=1S/C16H16N4O2/c1-3-13(16(21)22)20-14(11-4-6-17-7-5-11)19-12-8-10(2)9-18-15(12)20/h4-9,13H,3H2,1-2H3,(H,21,22). The predicted molar refractivity (Wildman–Crippen MR) is 82.5 cm³/mol. The van der Waals surface area contributed by atoms with Crippen LogP contribution in [0.3, 0.4) is 0 Å². The summed E-state index contributed by atoms with van der Waals surface area (Å²) in [5.74, 6) is -0.288. The van der Waals surface area contributed by atoms with Crippen LogP contribution in [-0.4, -0.2) is 30.6 Å². The summed E-state index contributed by atoms with van der Waals surface area (Å²) in [6.07, 6.45) is 5.51. The van der Waals surface area contributed by atoms with Crippen LogP contribution in [0.2, 0.25) is 0 Å². The number of imidazole rings is 1. The summed E-state index contributed by atoms with van der Waals surface area (Å²) in [5, 5.41) is 9.54. The van der Waals surface area contributed by atoms with E-state index in [-0.39, 0.29) is 0 Å². The Balaban J connectivity index is 2.33. The van der Waals surface area contributed by atoms with Gasteiger partial charge in [0, 0.05) is 24.2 Å². The Morgan fingerprint density at radius 3 is 2.73 bits per heavy atom. The van der Waals surface area contributed by atoms with Crippen LogP contribution in [0.4, 0.5) is 0 Å². The highest BCUT2D eigenvalue weighted by atomic mass is 16.4. The molecular formula is C16H16N4O2. The largest absolute Gasteiger partial charge is 0.480 e. The lowest BCUT2D eigenvalue weighted by molar-refractivity contribution is -0.140. The Labute approximate surface area is 127 Å². The number of aryl methyl sites for hydroxylation is 1. The number of aliphatic carboxylic acids is 1. The first kappa shape index (κ1) is 14.2. The molecule has 3 aromatic heterocycles. The van der Waals surface area contributed by atoms with E-state index in [1.807, 2.05) is 32.0 Å². The lowest BCUT2D eigenvalue weighted by Crippen LogP contribution is -2.19. The Morgan fingerprint density at radius 1 is 1.36 bits per heavy atom. The molecule has 3 rings (SSSR count). The molecule has 3 heterocycles. The van der Waals surface area contributed by atoms with Crippen molar-refractivity contribution in [3.8, 4) is 11.4 Å². The van der Waals surface area contributed by atoms with Crippen molar-refractivity contribution < 1.29 is 9.90 Å². The monoisotopic (exact) mass is 296 g/mol. The van der Waals surface area contributed by atoms with Crippen LogP contribution in [0.15, 0.2) is 36.8 Å². The van der Waals surface area contributed by atoms with E-state index in [0.717, 1.165) is 11.1 Å². The zero-order valence-corrected chi connectivity index (χ0v) is 12.4. The average Bonchev–Trinajstić information content (AvgIpc) is 2.87. The lowest BCUT2D eigenvalue weighted by atomic mass is 10.2. The molecule has 22 heavy (non-hydrogen) atoms. The van der Waals surface area contributed by atoms with Crippen molar-refractivity contribution >= 4 is 17.1 Å². The van der Waals surface area contributed by atoms with Gasteiger partial charge in [0.1, 0.15) is 17.4 Å². The number of carbonyl (C=O) groups is 1. The summed E-state index contributed by atoms with van der Waals surface area (Å²) in [7, 11) is 0. The normalized spacial score (nSPS) is 12.5. The van der Waals surface area contributed by atoms with Gasteiger partial charge >= 0.3 is 5.97 Å². The maximum atomic E-state index is 11.6. The minimum Gasteiger partial charge on any atom is -0.480 e. The van der Waals surface area contributed by atoms with Crippen LogP contribution in [0.25, 0.3) is 22.6 Å². The van der Waals surface area contributed by atoms with E-state index in [9.17, 15) is 9.90 Å². The van der Waals surface area contributed by atoms with E-state index in [2.05, 4.69) is 15.0 Å². The van der Waals surface area contributed by atoms with Crippen LogP contribution < -0.4 is 0 Å². The van der Waals surface area contributed by atoms with Gasteiger partial charge in [-0.2, -0.15) is 0 Å². The fraction of sp³-hybridized carbons (Fsp3) is 0.250. The van der Waals surface area contributed by atoms with Gasteiger partial charge in [-0.3, -0.25) is 9.55 Å². The molecule has 1 atom stereocenters. The van der Waals surface area contributed by atoms with Gasteiger partial charge in [0.15, 0.2) is 5.65 Å². The van der Waals surface area contributed by atoms with E-state index in [1.54, 1.807) is 23.2 Å². The second-order valence-corrected chi connectivity index (χ2v) is 5.16. The summed E-state index contributed by atoms with van der Waals surface area (Å²) >= 11 is 0. The number of hydrogen-bond acceptors (Lipinski definition) is 4. The van der Waals surface area contributed by atoms with Crippen LogP contribution in [-0.2, 0) is 4.79 Å². The first-order chi connectivity index (χ1) is 10.6. The number of carboxylic acids is 1. The minimum atomic E-state index is -0.889. The molecule has 0 bridgehead atoms. The van der Waals surface area contributed by atoms with Crippen LogP contribution in [0.1, 0.15) is 24.9 Å². The molecule has 3 aromatic rings. The van der Waals surface area contributed by atoms with Crippen molar-refractivity contribution in [2.75, 3.05) is 0 Å². The van der Waals surface area contributed by atoms with Gasteiger partial charge in [-0.25, -0.2) is 14.8 Å². The average molecular weight is 296 g/mol. The third kappa shape index (κ3) is 2.32. The van der Waals surface area contributed by atoms with Crippen LogP contribution in [0, 0.1) is 6.92 Å². The quantitative estimate of drug-likeness (QED) is 0.800. The summed E-state index contributed by atoms with van der Waals surface area (Å²) in [4.78, 5) is 24.6. The first-order valence-electron chi connectivity index (χ1n) is 7.09. The number of aromatic nitrogens is 4. The molecule has 0 spiro atoms. The third-order valence-electron chi connectivity index (χ3n) is 3.59. The molecule has 0 aromatic carbocycles. The van der Waals surface area contributed by atoms with Gasteiger partial charge in [0.05, 0.1) is 0 Å². The number of hydrogen-bond donors (Lipinski definition) is 1. The van der Waals surface area contributed by atoms with Crippen molar-refractivity contribution in [1.29, 1.82) is 0 Å². The molecule has 112 valence electrons. The van der Waals surface area contributed by atoms with Crippen molar-refractivity contribution in [3.63, 3.8) is 0 Å². The molecule has 0 amide bonds. The lowest BCUT2D eigenvalue weighted by Gasteiger charge is -2.15. The van der Waals surface area contributed by atoms with Gasteiger partial charge in [-0.05, 0) is 37.1 Å². The number of nitrogens with zero attached hydrogens (tertiary/aromatic N) is 4. The van der Waals surface area contributed by atoms with Gasteiger partial charge < -0.3 is 5.11 Å². The molecule has 0 saturated carbocycles.